The van der Waals surface area contributed by atoms with Crippen LogP contribution in [0, 0.1) is 17.8 Å². The third-order valence-corrected chi connectivity index (χ3v) is 5.86. The Morgan fingerprint density at radius 1 is 1.12 bits per heavy atom. The second kappa shape index (κ2) is 6.58. The number of methoxy groups -OCH3 is 1. The fourth-order valence-corrected chi connectivity index (χ4v) is 4.45. The molecule has 4 rings (SSSR count). The van der Waals surface area contributed by atoms with Gasteiger partial charge in [-0.3, -0.25) is 0 Å². The number of aromatic hydroxyl groups is 1. The lowest BCUT2D eigenvalue weighted by Gasteiger charge is -2.11. The van der Waals surface area contributed by atoms with Gasteiger partial charge in [0.15, 0.2) is 0 Å². The molecule has 2 fully saturated rings. The number of hydrogen-bond acceptors (Lipinski definition) is 4. The van der Waals surface area contributed by atoms with E-state index < -0.39 is 0 Å². The van der Waals surface area contributed by atoms with E-state index >= 15 is 0 Å². The maximum atomic E-state index is 9.57. The first-order chi connectivity index (χ1) is 11.7. The number of phenolic OH excluding ortho intramolecular Hbond substituents is 1. The molecule has 1 heterocycles. The summed E-state index contributed by atoms with van der Waals surface area (Å²) in [5.74, 6) is 4.01. The van der Waals surface area contributed by atoms with Gasteiger partial charge in [0.25, 0.3) is 0 Å². The summed E-state index contributed by atoms with van der Waals surface area (Å²) < 4.78 is 5.40. The van der Waals surface area contributed by atoms with Gasteiger partial charge in [0, 0.05) is 6.07 Å². The number of rotatable bonds is 7. The average Bonchev–Trinajstić information content (AvgIpc) is 3.27. The van der Waals surface area contributed by atoms with Crippen molar-refractivity contribution < 1.29 is 9.84 Å². The van der Waals surface area contributed by atoms with Crippen LogP contribution in [0.25, 0.3) is 11.0 Å². The molecule has 2 aromatic rings. The van der Waals surface area contributed by atoms with E-state index in [0.717, 1.165) is 41.8 Å². The lowest BCUT2D eigenvalue weighted by atomic mass is 9.96. The Balaban J connectivity index is 1.32. The van der Waals surface area contributed by atoms with E-state index in [1.165, 1.54) is 38.5 Å². The molecule has 2 aliphatic rings. The highest BCUT2D eigenvalue weighted by Crippen LogP contribution is 2.56. The third kappa shape index (κ3) is 3.19. The van der Waals surface area contributed by atoms with Gasteiger partial charge in [0.05, 0.1) is 18.1 Å². The maximum Gasteiger partial charge on any atom is 0.235 e. The molecule has 0 spiro atoms. The summed E-state index contributed by atoms with van der Waals surface area (Å²) in [4.78, 5) is 9.17. The van der Waals surface area contributed by atoms with Crippen LogP contribution in [0.4, 0.5) is 0 Å². The van der Waals surface area contributed by atoms with Gasteiger partial charge in [-0.05, 0) is 62.0 Å². The number of fused-ring (bicyclic) bond motifs is 2. The molecule has 0 radical (unpaired) electrons. The monoisotopic (exact) mass is 326 g/mol. The molecule has 3 atom stereocenters. The number of aromatic nitrogens is 2. The Kier molecular flexibility index (Phi) is 4.30. The van der Waals surface area contributed by atoms with Crippen LogP contribution < -0.4 is 4.74 Å². The fraction of sp³-hybridized carbons (Fsp3) is 0.600. The summed E-state index contributed by atoms with van der Waals surface area (Å²) >= 11 is 0. The molecule has 1 aromatic carbocycles. The number of benzene rings is 1. The Hall–Kier alpha value is -1.84. The second-order valence-electron chi connectivity index (χ2n) is 7.45. The molecule has 24 heavy (non-hydrogen) atoms. The molecule has 1 aromatic heterocycles. The molecule has 3 unspecified atom stereocenters. The summed E-state index contributed by atoms with van der Waals surface area (Å²) in [6, 6.07) is 5.09. The largest absolute Gasteiger partial charge is 0.508 e. The van der Waals surface area contributed by atoms with Gasteiger partial charge in [0.2, 0.25) is 5.88 Å². The minimum absolute atomic E-state index is 0.205. The van der Waals surface area contributed by atoms with Gasteiger partial charge in [-0.25, -0.2) is 9.97 Å². The van der Waals surface area contributed by atoms with Crippen molar-refractivity contribution in [3.8, 4) is 11.6 Å². The normalized spacial score (nSPS) is 25.0. The quantitative estimate of drug-likeness (QED) is 0.762. The van der Waals surface area contributed by atoms with Crippen molar-refractivity contribution in [1.29, 1.82) is 0 Å². The van der Waals surface area contributed by atoms with Gasteiger partial charge >= 0.3 is 0 Å². The highest BCUT2D eigenvalue weighted by molar-refractivity contribution is 5.76. The van der Waals surface area contributed by atoms with Crippen LogP contribution in [0.2, 0.25) is 0 Å². The summed E-state index contributed by atoms with van der Waals surface area (Å²) in [7, 11) is 1.63. The van der Waals surface area contributed by atoms with Crippen molar-refractivity contribution in [2.24, 2.45) is 17.8 Å². The van der Waals surface area contributed by atoms with Crippen molar-refractivity contribution >= 4 is 11.0 Å². The van der Waals surface area contributed by atoms with Crippen LogP contribution in [-0.2, 0) is 6.42 Å². The first-order valence-electron chi connectivity index (χ1n) is 9.28. The first kappa shape index (κ1) is 15.7. The van der Waals surface area contributed by atoms with E-state index in [9.17, 15) is 5.11 Å². The lowest BCUT2D eigenvalue weighted by molar-refractivity contribution is 0.389. The number of hydrogen-bond donors (Lipinski definition) is 1. The molecule has 0 saturated heterocycles. The van der Waals surface area contributed by atoms with Crippen LogP contribution in [-0.4, -0.2) is 22.2 Å². The zero-order valence-electron chi connectivity index (χ0n) is 14.4. The number of nitrogens with zero attached hydrogens (tertiary/aromatic N) is 2. The summed E-state index contributed by atoms with van der Waals surface area (Å²) in [5.41, 5.74) is 2.42. The Bertz CT molecular complexity index is 731. The van der Waals surface area contributed by atoms with Crippen LogP contribution in [0.5, 0.6) is 11.6 Å². The molecule has 0 amide bonds. The number of ether oxygens (including phenoxy) is 1. The van der Waals surface area contributed by atoms with Crippen LogP contribution in [0.1, 0.15) is 50.6 Å². The molecular weight excluding hydrogens is 300 g/mol. The Labute approximate surface area is 143 Å². The predicted octanol–water partition coefficient (Wildman–Crippen LogP) is 4.49. The number of phenols is 1. The van der Waals surface area contributed by atoms with E-state index in [-0.39, 0.29) is 5.75 Å². The van der Waals surface area contributed by atoms with Gasteiger partial charge in [-0.1, -0.05) is 19.3 Å². The standard InChI is InChI=1S/C20H26N2O2/c1-24-20-18(21-17-10-9-15(23)12-19(17)22-20)6-4-2-3-5-13-7-8-14-11-16(13)14/h9-10,12-14,16,23H,2-8,11H2,1H3. The van der Waals surface area contributed by atoms with E-state index in [2.05, 4.69) is 9.97 Å². The molecule has 2 saturated carbocycles. The molecule has 0 aliphatic heterocycles. The first-order valence-corrected chi connectivity index (χ1v) is 9.28. The fourth-order valence-electron chi connectivity index (χ4n) is 4.45. The predicted molar refractivity (Wildman–Crippen MR) is 94.2 cm³/mol. The Morgan fingerprint density at radius 2 is 2.04 bits per heavy atom. The van der Waals surface area contributed by atoms with Gasteiger partial charge in [-0.15, -0.1) is 0 Å². The SMILES string of the molecule is COc1nc2cc(O)ccc2nc1CCCCCC1CCC2CC12. The molecule has 0 bridgehead atoms. The van der Waals surface area contributed by atoms with Crippen LogP contribution in [0.15, 0.2) is 18.2 Å². The topological polar surface area (TPSA) is 55.2 Å². The number of unbranched alkanes of at least 4 members (excludes halogenated alkanes) is 2. The number of aryl methyl sites for hydroxylation is 1. The molecule has 2 aliphatic carbocycles. The second-order valence-corrected chi connectivity index (χ2v) is 7.45. The average molecular weight is 326 g/mol. The molecule has 4 heteroatoms. The summed E-state index contributed by atoms with van der Waals surface area (Å²) in [5, 5.41) is 9.57. The Morgan fingerprint density at radius 3 is 2.79 bits per heavy atom. The molecule has 4 nitrogen and oxygen atoms in total. The molecular formula is C20H26N2O2. The van der Waals surface area contributed by atoms with E-state index in [1.807, 2.05) is 6.07 Å². The lowest BCUT2D eigenvalue weighted by Crippen LogP contribution is -2.01. The van der Waals surface area contributed by atoms with Crippen LogP contribution in [0.3, 0.4) is 0 Å². The van der Waals surface area contributed by atoms with E-state index in [1.54, 1.807) is 19.2 Å². The van der Waals surface area contributed by atoms with E-state index in [4.69, 9.17) is 4.74 Å². The highest BCUT2D eigenvalue weighted by Gasteiger charge is 2.47. The maximum absolute atomic E-state index is 9.57. The molecule has 1 N–H and O–H groups in total. The van der Waals surface area contributed by atoms with E-state index in [0.29, 0.717) is 11.4 Å². The van der Waals surface area contributed by atoms with Crippen molar-refractivity contribution in [3.05, 3.63) is 23.9 Å². The minimum atomic E-state index is 0.205. The van der Waals surface area contributed by atoms with Crippen molar-refractivity contribution in [2.75, 3.05) is 7.11 Å². The van der Waals surface area contributed by atoms with Gasteiger partial charge in [-0.2, -0.15) is 0 Å². The van der Waals surface area contributed by atoms with Crippen LogP contribution >= 0.6 is 0 Å². The van der Waals surface area contributed by atoms with Crippen molar-refractivity contribution in [3.63, 3.8) is 0 Å². The highest BCUT2D eigenvalue weighted by atomic mass is 16.5. The minimum Gasteiger partial charge on any atom is -0.508 e. The smallest absolute Gasteiger partial charge is 0.235 e. The zero-order chi connectivity index (χ0) is 16.5. The van der Waals surface area contributed by atoms with Gasteiger partial charge < -0.3 is 9.84 Å². The third-order valence-electron chi connectivity index (χ3n) is 5.86. The van der Waals surface area contributed by atoms with Crippen molar-refractivity contribution in [1.82, 2.24) is 9.97 Å². The van der Waals surface area contributed by atoms with Crippen molar-refractivity contribution in [2.45, 2.75) is 51.4 Å². The van der Waals surface area contributed by atoms with Gasteiger partial charge in [0.1, 0.15) is 11.4 Å². The summed E-state index contributed by atoms with van der Waals surface area (Å²) in [6.45, 7) is 0. The zero-order valence-corrected chi connectivity index (χ0v) is 14.4. The molecule has 128 valence electrons. The summed E-state index contributed by atoms with van der Waals surface area (Å²) in [6.07, 6.45) is 10.5.